The van der Waals surface area contributed by atoms with Crippen LogP contribution in [0.3, 0.4) is 0 Å². The molecule has 24 heavy (non-hydrogen) atoms. The van der Waals surface area contributed by atoms with Crippen molar-refractivity contribution in [2.45, 2.75) is 57.8 Å². The van der Waals surface area contributed by atoms with Crippen LogP contribution in [0.4, 0.5) is 5.69 Å². The smallest absolute Gasteiger partial charge is 0.254 e. The molecular formula is C19H28N2O2Si. The molecule has 5 heteroatoms. The average Bonchev–Trinajstić information content (AvgIpc) is 2.86. The molecule has 0 aliphatic carbocycles. The SMILES string of the molecule is CC(C)(C)[Si](C)(C)OC1CCN(c2cccc3c2CCN=C3)C1=O. The quantitative estimate of drug-likeness (QED) is 0.783. The zero-order valence-corrected chi connectivity index (χ0v) is 16.4. The van der Waals surface area contributed by atoms with Crippen LogP contribution in [0.1, 0.15) is 38.3 Å². The lowest BCUT2D eigenvalue weighted by Gasteiger charge is -2.37. The van der Waals surface area contributed by atoms with Crippen molar-refractivity contribution in [1.29, 1.82) is 0 Å². The van der Waals surface area contributed by atoms with Gasteiger partial charge in [-0.15, -0.1) is 0 Å². The van der Waals surface area contributed by atoms with Gasteiger partial charge in [0.1, 0.15) is 6.10 Å². The standard InChI is InChI=1S/C19H28N2O2Si/c1-19(2,3)24(4,5)23-17-10-12-21(18(17)22)16-8-6-7-14-13-20-11-9-15(14)16/h6-8,13,17H,9-12H2,1-5H3. The number of amides is 1. The Morgan fingerprint density at radius 1 is 1.29 bits per heavy atom. The number of benzene rings is 1. The summed E-state index contributed by atoms with van der Waals surface area (Å²) in [6, 6.07) is 6.15. The van der Waals surface area contributed by atoms with Crippen molar-refractivity contribution >= 4 is 26.1 Å². The highest BCUT2D eigenvalue weighted by molar-refractivity contribution is 6.74. The molecular weight excluding hydrogens is 316 g/mol. The summed E-state index contributed by atoms with van der Waals surface area (Å²) >= 11 is 0. The van der Waals surface area contributed by atoms with Crippen molar-refractivity contribution < 1.29 is 9.22 Å². The Morgan fingerprint density at radius 3 is 2.75 bits per heavy atom. The molecule has 3 rings (SSSR count). The van der Waals surface area contributed by atoms with Gasteiger partial charge in [0.05, 0.1) is 0 Å². The van der Waals surface area contributed by atoms with Crippen LogP contribution in [-0.4, -0.2) is 39.6 Å². The third-order valence-corrected chi connectivity index (χ3v) is 10.1. The van der Waals surface area contributed by atoms with E-state index in [1.165, 1.54) is 5.56 Å². The summed E-state index contributed by atoms with van der Waals surface area (Å²) in [7, 11) is -1.94. The van der Waals surface area contributed by atoms with Gasteiger partial charge in [0, 0.05) is 25.0 Å². The lowest BCUT2D eigenvalue weighted by Crippen LogP contribution is -2.46. The third kappa shape index (κ3) is 3.07. The summed E-state index contributed by atoms with van der Waals surface area (Å²) in [5.74, 6) is 0.121. The Kier molecular flexibility index (Phi) is 4.42. The molecule has 1 amide bonds. The fraction of sp³-hybridized carbons (Fsp3) is 0.579. The zero-order valence-electron chi connectivity index (χ0n) is 15.4. The summed E-state index contributed by atoms with van der Waals surface area (Å²) in [6.07, 6.45) is 3.31. The summed E-state index contributed by atoms with van der Waals surface area (Å²) in [5, 5.41) is 0.114. The van der Waals surface area contributed by atoms with Crippen LogP contribution < -0.4 is 4.90 Å². The molecule has 1 aromatic rings. The molecule has 2 heterocycles. The Morgan fingerprint density at radius 2 is 2.04 bits per heavy atom. The van der Waals surface area contributed by atoms with Gasteiger partial charge in [0.15, 0.2) is 8.32 Å². The van der Waals surface area contributed by atoms with Crippen LogP contribution in [0.5, 0.6) is 0 Å². The Hall–Kier alpha value is -1.46. The van der Waals surface area contributed by atoms with Crippen molar-refractivity contribution in [3.63, 3.8) is 0 Å². The molecule has 1 aromatic carbocycles. The first kappa shape index (κ1) is 17.4. The van der Waals surface area contributed by atoms with E-state index in [1.807, 2.05) is 17.2 Å². The second kappa shape index (κ2) is 6.12. The number of carbonyl (C=O) groups excluding carboxylic acids is 1. The van der Waals surface area contributed by atoms with Crippen LogP contribution in [0, 0.1) is 0 Å². The minimum atomic E-state index is -1.94. The van der Waals surface area contributed by atoms with Crippen LogP contribution in [0.25, 0.3) is 0 Å². The van der Waals surface area contributed by atoms with Gasteiger partial charge in [-0.1, -0.05) is 32.9 Å². The summed E-state index contributed by atoms with van der Waals surface area (Å²) in [4.78, 5) is 19.3. The topological polar surface area (TPSA) is 41.9 Å². The second-order valence-electron chi connectivity index (χ2n) is 8.28. The van der Waals surface area contributed by atoms with E-state index in [0.717, 1.165) is 37.2 Å². The molecule has 2 aliphatic rings. The van der Waals surface area contributed by atoms with E-state index in [4.69, 9.17) is 4.43 Å². The highest BCUT2D eigenvalue weighted by Gasteiger charge is 2.44. The summed E-state index contributed by atoms with van der Waals surface area (Å²) in [6.45, 7) is 12.6. The van der Waals surface area contributed by atoms with Crippen molar-refractivity contribution in [2.75, 3.05) is 18.0 Å². The molecule has 0 spiro atoms. The van der Waals surface area contributed by atoms with Crippen LogP contribution in [0.15, 0.2) is 23.2 Å². The summed E-state index contributed by atoms with van der Waals surface area (Å²) in [5.41, 5.74) is 3.43. The fourth-order valence-corrected chi connectivity index (χ4v) is 4.40. The molecule has 0 saturated carbocycles. The van der Waals surface area contributed by atoms with E-state index in [0.29, 0.717) is 0 Å². The van der Waals surface area contributed by atoms with Gasteiger partial charge < -0.3 is 9.33 Å². The molecule has 1 fully saturated rings. The van der Waals surface area contributed by atoms with Gasteiger partial charge in [-0.05, 0) is 48.2 Å². The number of carbonyl (C=O) groups is 1. The van der Waals surface area contributed by atoms with Gasteiger partial charge in [-0.3, -0.25) is 9.79 Å². The number of hydrogen-bond acceptors (Lipinski definition) is 3. The van der Waals surface area contributed by atoms with E-state index in [1.54, 1.807) is 0 Å². The minimum absolute atomic E-state index is 0.114. The van der Waals surface area contributed by atoms with Crippen LogP contribution in [-0.2, 0) is 15.6 Å². The Balaban J connectivity index is 1.82. The second-order valence-corrected chi connectivity index (χ2v) is 13.0. The average molecular weight is 345 g/mol. The zero-order chi connectivity index (χ0) is 17.5. The molecule has 1 saturated heterocycles. The molecule has 0 aromatic heterocycles. The molecule has 0 radical (unpaired) electrons. The molecule has 2 aliphatic heterocycles. The minimum Gasteiger partial charge on any atom is -0.405 e. The predicted molar refractivity (Wildman–Crippen MR) is 102 cm³/mol. The number of fused-ring (bicyclic) bond motifs is 1. The molecule has 1 atom stereocenters. The lowest BCUT2D eigenvalue weighted by molar-refractivity contribution is -0.123. The van der Waals surface area contributed by atoms with Gasteiger partial charge in [0.25, 0.3) is 5.91 Å². The number of hydrogen-bond donors (Lipinski definition) is 0. The van der Waals surface area contributed by atoms with Gasteiger partial charge in [-0.25, -0.2) is 0 Å². The van der Waals surface area contributed by atoms with E-state index in [9.17, 15) is 4.79 Å². The van der Waals surface area contributed by atoms with Crippen molar-refractivity contribution in [1.82, 2.24) is 0 Å². The van der Waals surface area contributed by atoms with Crippen LogP contribution in [0.2, 0.25) is 18.1 Å². The fourth-order valence-electron chi connectivity index (χ4n) is 3.11. The first-order valence-electron chi connectivity index (χ1n) is 8.81. The molecule has 130 valence electrons. The van der Waals surface area contributed by atoms with Gasteiger partial charge >= 0.3 is 0 Å². The summed E-state index contributed by atoms with van der Waals surface area (Å²) < 4.78 is 6.39. The van der Waals surface area contributed by atoms with E-state index in [2.05, 4.69) is 51.0 Å². The van der Waals surface area contributed by atoms with Crippen LogP contribution >= 0.6 is 0 Å². The number of anilines is 1. The van der Waals surface area contributed by atoms with Gasteiger partial charge in [-0.2, -0.15) is 0 Å². The van der Waals surface area contributed by atoms with Crippen molar-refractivity contribution in [2.24, 2.45) is 4.99 Å². The number of rotatable bonds is 3. The third-order valence-electron chi connectivity index (χ3n) is 5.60. The van der Waals surface area contributed by atoms with E-state index >= 15 is 0 Å². The molecule has 1 unspecified atom stereocenters. The Labute approximate surface area is 146 Å². The van der Waals surface area contributed by atoms with Crippen molar-refractivity contribution in [3.8, 4) is 0 Å². The number of aliphatic imine (C=N–C) groups is 1. The first-order valence-corrected chi connectivity index (χ1v) is 11.7. The maximum absolute atomic E-state index is 13.0. The van der Waals surface area contributed by atoms with Crippen molar-refractivity contribution in [3.05, 3.63) is 29.3 Å². The maximum atomic E-state index is 13.0. The number of nitrogens with zero attached hydrogens (tertiary/aromatic N) is 2. The van der Waals surface area contributed by atoms with E-state index < -0.39 is 8.32 Å². The first-order chi connectivity index (χ1) is 11.2. The predicted octanol–water partition coefficient (Wildman–Crippen LogP) is 3.79. The molecule has 0 N–H and O–H groups in total. The monoisotopic (exact) mass is 344 g/mol. The lowest BCUT2D eigenvalue weighted by atomic mass is 10.0. The highest BCUT2D eigenvalue weighted by atomic mass is 28.4. The maximum Gasteiger partial charge on any atom is 0.254 e. The normalized spacial score (nSPS) is 21.3. The largest absolute Gasteiger partial charge is 0.405 e. The van der Waals surface area contributed by atoms with Gasteiger partial charge in [0.2, 0.25) is 0 Å². The Bertz CT molecular complexity index is 676. The molecule has 0 bridgehead atoms. The highest BCUT2D eigenvalue weighted by Crippen LogP contribution is 2.39. The molecule has 4 nitrogen and oxygen atoms in total. The van der Waals surface area contributed by atoms with E-state index in [-0.39, 0.29) is 17.0 Å².